The molecule has 0 spiro atoms. The van der Waals surface area contributed by atoms with E-state index in [4.69, 9.17) is 0 Å². The molecule has 0 aromatic rings. The smallest absolute Gasteiger partial charge is 0.0601 e. The summed E-state index contributed by atoms with van der Waals surface area (Å²) in [6.45, 7) is 10.4. The Morgan fingerprint density at radius 2 is 0.920 bits per heavy atom. The normalized spacial score (nSPS) is 10.9. The lowest BCUT2D eigenvalue weighted by atomic mass is 10.1. The van der Waals surface area contributed by atoms with Crippen molar-refractivity contribution in [2.45, 2.75) is 124 Å². The van der Waals surface area contributed by atoms with Gasteiger partial charge in [0.1, 0.15) is 0 Å². The summed E-state index contributed by atoms with van der Waals surface area (Å²) < 4.78 is 0. The number of hydrogen-bond acceptors (Lipinski definition) is 1. The summed E-state index contributed by atoms with van der Waals surface area (Å²) >= 11 is 0. The maximum absolute atomic E-state index is 3.44. The summed E-state index contributed by atoms with van der Waals surface area (Å²) in [6, 6.07) is 0. The minimum absolute atomic E-state index is 0.996. The van der Waals surface area contributed by atoms with E-state index >= 15 is 0 Å². The Kier molecular flexibility index (Phi) is 21.1. The maximum atomic E-state index is 3.44. The molecule has 0 heterocycles. The van der Waals surface area contributed by atoms with Crippen LogP contribution in [0.25, 0.3) is 0 Å². The second-order valence-electron chi connectivity index (χ2n) is 7.62. The lowest BCUT2D eigenvalue weighted by Gasteiger charge is -2.19. The van der Waals surface area contributed by atoms with Crippen LogP contribution >= 0.6 is 0 Å². The first kappa shape index (κ1) is 24.5. The van der Waals surface area contributed by atoms with E-state index in [1.165, 1.54) is 109 Å². The fraction of sp³-hybridized carbons (Fsp3) is 0.917. The van der Waals surface area contributed by atoms with Gasteiger partial charge >= 0.3 is 0 Å². The molecule has 0 aliphatic rings. The largest absolute Gasteiger partial charge is 0.292 e. The Labute approximate surface area is 160 Å². The molecule has 0 aromatic carbocycles. The molecule has 148 valence electrons. The predicted molar refractivity (Wildman–Crippen MR) is 115 cm³/mol. The quantitative estimate of drug-likeness (QED) is 0.182. The van der Waals surface area contributed by atoms with Crippen LogP contribution in [0.5, 0.6) is 0 Å². The van der Waals surface area contributed by atoms with Crippen LogP contribution in [-0.4, -0.2) is 24.5 Å². The average Bonchev–Trinajstić information content (AvgIpc) is 2.63. The molecule has 0 aliphatic heterocycles. The molecule has 0 N–H and O–H groups in total. The van der Waals surface area contributed by atoms with Crippen LogP contribution in [0.2, 0.25) is 0 Å². The van der Waals surface area contributed by atoms with Gasteiger partial charge in [-0.1, -0.05) is 104 Å². The zero-order valence-corrected chi connectivity index (χ0v) is 17.9. The third kappa shape index (κ3) is 19.7. The van der Waals surface area contributed by atoms with Crippen LogP contribution < -0.4 is 0 Å². The predicted octanol–water partition coefficient (Wildman–Crippen LogP) is 7.59. The van der Waals surface area contributed by atoms with E-state index in [2.05, 4.69) is 37.5 Å². The first-order valence-electron chi connectivity index (χ1n) is 11.5. The molecule has 0 bridgehead atoms. The van der Waals surface area contributed by atoms with E-state index in [9.17, 15) is 0 Å². The van der Waals surface area contributed by atoms with Crippen LogP contribution in [0.15, 0.2) is 0 Å². The van der Waals surface area contributed by atoms with Gasteiger partial charge in [-0.05, 0) is 32.4 Å². The molecule has 0 saturated carbocycles. The molecular formula is C24H47N. The van der Waals surface area contributed by atoms with Gasteiger partial charge in [-0.3, -0.25) is 4.90 Å². The molecule has 0 rings (SSSR count). The molecule has 0 saturated heterocycles. The lowest BCUT2D eigenvalue weighted by Crippen LogP contribution is -2.26. The van der Waals surface area contributed by atoms with Crippen LogP contribution in [0.1, 0.15) is 124 Å². The summed E-state index contributed by atoms with van der Waals surface area (Å²) in [4.78, 5) is 2.62. The zero-order valence-electron chi connectivity index (χ0n) is 17.9. The Bertz CT molecular complexity index is 283. The van der Waals surface area contributed by atoms with Crippen molar-refractivity contribution in [3.05, 3.63) is 0 Å². The summed E-state index contributed by atoms with van der Waals surface area (Å²) in [5.41, 5.74) is 0. The fourth-order valence-corrected chi connectivity index (χ4v) is 3.22. The van der Waals surface area contributed by atoms with Gasteiger partial charge in [0, 0.05) is 6.42 Å². The maximum Gasteiger partial charge on any atom is 0.0601 e. The number of nitrogens with zero attached hydrogens (tertiary/aromatic N) is 1. The summed E-state index contributed by atoms with van der Waals surface area (Å²) in [7, 11) is 0. The van der Waals surface area contributed by atoms with Gasteiger partial charge in [0.05, 0.1) is 6.54 Å². The van der Waals surface area contributed by atoms with E-state index < -0.39 is 0 Å². The molecule has 0 amide bonds. The van der Waals surface area contributed by atoms with Gasteiger partial charge in [0.2, 0.25) is 0 Å². The topological polar surface area (TPSA) is 3.24 Å². The highest BCUT2D eigenvalue weighted by atomic mass is 15.1. The standard InChI is InChI=1S/C24H47N/c1-4-7-10-13-16-19-22-25(23-20-17-14-11-8-5-2)24-21-18-15-12-9-6-3/h4-17,19-20,22-24H2,1-3H3. The van der Waals surface area contributed by atoms with Gasteiger partial charge in [-0.15, -0.1) is 5.92 Å². The van der Waals surface area contributed by atoms with Crippen LogP contribution in [0.4, 0.5) is 0 Å². The molecule has 25 heavy (non-hydrogen) atoms. The molecule has 1 heteroatoms. The SMILES string of the molecule is CCCCCC#CCN(CCCCCCCC)CCCCCCCC. The molecule has 0 atom stereocenters. The fourth-order valence-electron chi connectivity index (χ4n) is 3.22. The second kappa shape index (κ2) is 21.6. The summed E-state index contributed by atoms with van der Waals surface area (Å²) in [5, 5.41) is 0. The van der Waals surface area contributed by atoms with Gasteiger partial charge < -0.3 is 0 Å². The van der Waals surface area contributed by atoms with E-state index in [1.54, 1.807) is 0 Å². The summed E-state index contributed by atoms with van der Waals surface area (Å²) in [6.07, 6.45) is 21.7. The first-order chi connectivity index (χ1) is 12.3. The van der Waals surface area contributed by atoms with Crippen molar-refractivity contribution in [2.24, 2.45) is 0 Å². The Morgan fingerprint density at radius 1 is 0.480 bits per heavy atom. The van der Waals surface area contributed by atoms with E-state index in [-0.39, 0.29) is 0 Å². The Balaban J connectivity index is 3.91. The lowest BCUT2D eigenvalue weighted by molar-refractivity contribution is 0.290. The van der Waals surface area contributed by atoms with E-state index in [0.29, 0.717) is 0 Å². The van der Waals surface area contributed by atoms with Crippen molar-refractivity contribution in [2.75, 3.05) is 19.6 Å². The molecule has 0 radical (unpaired) electrons. The van der Waals surface area contributed by atoms with Crippen molar-refractivity contribution in [3.63, 3.8) is 0 Å². The Hall–Kier alpha value is -0.480. The number of rotatable bonds is 18. The van der Waals surface area contributed by atoms with Gasteiger partial charge in [0.25, 0.3) is 0 Å². The van der Waals surface area contributed by atoms with Crippen LogP contribution in [0.3, 0.4) is 0 Å². The number of unbranched alkanes of at least 4 members (excludes halogenated alkanes) is 13. The zero-order chi connectivity index (χ0) is 18.4. The molecule has 0 fully saturated rings. The van der Waals surface area contributed by atoms with Crippen molar-refractivity contribution in [3.8, 4) is 11.8 Å². The number of hydrogen-bond donors (Lipinski definition) is 0. The minimum atomic E-state index is 0.996. The molecule has 0 unspecified atom stereocenters. The second-order valence-corrected chi connectivity index (χ2v) is 7.62. The van der Waals surface area contributed by atoms with Crippen LogP contribution in [-0.2, 0) is 0 Å². The molecule has 1 nitrogen and oxygen atoms in total. The van der Waals surface area contributed by atoms with Crippen molar-refractivity contribution >= 4 is 0 Å². The molecule has 0 aromatic heterocycles. The van der Waals surface area contributed by atoms with Gasteiger partial charge in [-0.2, -0.15) is 0 Å². The first-order valence-corrected chi connectivity index (χ1v) is 11.5. The highest BCUT2D eigenvalue weighted by molar-refractivity contribution is 5.01. The highest BCUT2D eigenvalue weighted by Crippen LogP contribution is 2.09. The highest BCUT2D eigenvalue weighted by Gasteiger charge is 2.03. The van der Waals surface area contributed by atoms with Gasteiger partial charge in [-0.25, -0.2) is 0 Å². The van der Waals surface area contributed by atoms with E-state index in [0.717, 1.165) is 13.0 Å². The molecular weight excluding hydrogens is 302 g/mol. The average molecular weight is 350 g/mol. The third-order valence-electron chi connectivity index (χ3n) is 4.99. The molecule has 0 aliphatic carbocycles. The van der Waals surface area contributed by atoms with E-state index in [1.807, 2.05) is 0 Å². The monoisotopic (exact) mass is 349 g/mol. The third-order valence-corrected chi connectivity index (χ3v) is 4.99. The van der Waals surface area contributed by atoms with Crippen LogP contribution in [0, 0.1) is 11.8 Å². The van der Waals surface area contributed by atoms with Gasteiger partial charge in [0.15, 0.2) is 0 Å². The van der Waals surface area contributed by atoms with Crippen molar-refractivity contribution in [1.82, 2.24) is 4.90 Å². The Morgan fingerprint density at radius 3 is 1.44 bits per heavy atom. The minimum Gasteiger partial charge on any atom is -0.292 e. The van der Waals surface area contributed by atoms with Crippen molar-refractivity contribution in [1.29, 1.82) is 0 Å². The summed E-state index contributed by atoms with van der Waals surface area (Å²) in [5.74, 6) is 6.84. The van der Waals surface area contributed by atoms with Crippen molar-refractivity contribution < 1.29 is 0 Å².